The van der Waals surface area contributed by atoms with Crippen molar-refractivity contribution < 1.29 is 18.0 Å². The van der Waals surface area contributed by atoms with Crippen molar-refractivity contribution in [1.82, 2.24) is 0 Å². The highest BCUT2D eigenvalue weighted by Crippen LogP contribution is 2.21. The van der Waals surface area contributed by atoms with Gasteiger partial charge >= 0.3 is 0 Å². The second-order valence-corrected chi connectivity index (χ2v) is 8.27. The van der Waals surface area contributed by atoms with Crippen molar-refractivity contribution in [3.05, 3.63) is 96.1 Å². The summed E-state index contributed by atoms with van der Waals surface area (Å²) in [4.78, 5) is 18.4. The maximum atomic E-state index is 12.7. The van der Waals surface area contributed by atoms with Gasteiger partial charge in [-0.1, -0.05) is 60.6 Å². The van der Waals surface area contributed by atoms with Crippen LogP contribution in [-0.2, 0) is 21.3 Å². The molecule has 29 heavy (non-hydrogen) atoms. The molecule has 148 valence electrons. The van der Waals surface area contributed by atoms with Gasteiger partial charge in [-0.25, -0.2) is 8.42 Å². The SMILES string of the molecule is CCC(=NOCc1ccccc1)C(=O)c1ccc(S(=O)(=O)c2ccccc2)cc1. The van der Waals surface area contributed by atoms with Crippen molar-refractivity contribution in [1.29, 1.82) is 0 Å². The van der Waals surface area contributed by atoms with Gasteiger partial charge in [0.15, 0.2) is 0 Å². The Hall–Kier alpha value is -3.25. The van der Waals surface area contributed by atoms with Crippen molar-refractivity contribution >= 4 is 21.3 Å². The second-order valence-electron chi connectivity index (χ2n) is 6.32. The third-order valence-corrected chi connectivity index (χ3v) is 6.11. The Kier molecular flexibility index (Phi) is 6.57. The second kappa shape index (κ2) is 9.30. The maximum absolute atomic E-state index is 12.7. The number of benzene rings is 3. The van der Waals surface area contributed by atoms with Crippen LogP contribution in [0, 0.1) is 0 Å². The van der Waals surface area contributed by atoms with E-state index in [2.05, 4.69) is 5.16 Å². The monoisotopic (exact) mass is 407 g/mol. The number of hydrogen-bond donors (Lipinski definition) is 0. The summed E-state index contributed by atoms with van der Waals surface area (Å²) in [5.41, 5.74) is 1.59. The minimum atomic E-state index is -3.62. The summed E-state index contributed by atoms with van der Waals surface area (Å²) in [6.07, 6.45) is 0.400. The third kappa shape index (κ3) is 4.97. The lowest BCUT2D eigenvalue weighted by Gasteiger charge is -2.07. The molecule has 0 unspecified atom stereocenters. The van der Waals surface area contributed by atoms with Crippen molar-refractivity contribution in [2.45, 2.75) is 29.7 Å². The van der Waals surface area contributed by atoms with E-state index in [1.807, 2.05) is 37.3 Å². The molecule has 0 saturated heterocycles. The largest absolute Gasteiger partial charge is 0.391 e. The molecule has 0 fully saturated rings. The van der Waals surface area contributed by atoms with Crippen molar-refractivity contribution in [3.63, 3.8) is 0 Å². The van der Waals surface area contributed by atoms with Gasteiger partial charge in [-0.3, -0.25) is 4.79 Å². The molecule has 0 saturated carbocycles. The van der Waals surface area contributed by atoms with Crippen LogP contribution in [0.15, 0.2) is 99.9 Å². The van der Waals surface area contributed by atoms with Gasteiger partial charge < -0.3 is 4.84 Å². The maximum Gasteiger partial charge on any atom is 0.210 e. The van der Waals surface area contributed by atoms with Crippen LogP contribution in [0.3, 0.4) is 0 Å². The molecule has 3 aromatic rings. The van der Waals surface area contributed by atoms with E-state index in [0.717, 1.165) is 5.56 Å². The van der Waals surface area contributed by atoms with Gasteiger partial charge in [-0.2, -0.15) is 0 Å². The highest BCUT2D eigenvalue weighted by atomic mass is 32.2. The number of nitrogens with zero attached hydrogens (tertiary/aromatic N) is 1. The molecule has 0 radical (unpaired) electrons. The number of hydrogen-bond acceptors (Lipinski definition) is 5. The Labute approximate surface area is 170 Å². The number of carbonyl (C=O) groups excluding carboxylic acids is 1. The predicted octanol–water partition coefficient (Wildman–Crippen LogP) is 4.68. The Morgan fingerprint density at radius 2 is 1.38 bits per heavy atom. The number of carbonyl (C=O) groups is 1. The van der Waals surface area contributed by atoms with Crippen LogP contribution in [0.1, 0.15) is 29.3 Å². The van der Waals surface area contributed by atoms with Gasteiger partial charge in [0.1, 0.15) is 12.3 Å². The lowest BCUT2D eigenvalue weighted by molar-refractivity contribution is 0.103. The highest BCUT2D eigenvalue weighted by Gasteiger charge is 2.19. The Balaban J connectivity index is 1.74. The fourth-order valence-electron chi connectivity index (χ4n) is 2.71. The molecule has 6 heteroatoms. The molecule has 3 aromatic carbocycles. The van der Waals surface area contributed by atoms with Gasteiger partial charge in [0, 0.05) is 5.56 Å². The van der Waals surface area contributed by atoms with Gasteiger partial charge in [-0.15, -0.1) is 0 Å². The minimum Gasteiger partial charge on any atom is -0.391 e. The molecule has 0 aliphatic rings. The first-order chi connectivity index (χ1) is 14.0. The molecule has 0 heterocycles. The normalized spacial score (nSPS) is 11.8. The number of oxime groups is 1. The quantitative estimate of drug-likeness (QED) is 0.309. The van der Waals surface area contributed by atoms with E-state index in [9.17, 15) is 13.2 Å². The van der Waals surface area contributed by atoms with Crippen LogP contribution < -0.4 is 0 Å². The molecule has 0 aliphatic carbocycles. The fourth-order valence-corrected chi connectivity index (χ4v) is 4.00. The van der Waals surface area contributed by atoms with Crippen molar-refractivity contribution in [2.24, 2.45) is 5.16 Å². The molecule has 0 N–H and O–H groups in total. The molecular formula is C23H21NO4S. The molecule has 0 atom stereocenters. The van der Waals surface area contributed by atoms with Crippen LogP contribution in [-0.4, -0.2) is 19.9 Å². The van der Waals surface area contributed by atoms with Gasteiger partial charge in [-0.05, 0) is 48.4 Å². The van der Waals surface area contributed by atoms with Gasteiger partial charge in [0.25, 0.3) is 0 Å². The zero-order valence-corrected chi connectivity index (χ0v) is 16.8. The summed E-state index contributed by atoms with van der Waals surface area (Å²) in [5, 5.41) is 3.98. The molecular weight excluding hydrogens is 386 g/mol. The Bertz CT molecular complexity index is 1090. The van der Waals surface area contributed by atoms with Crippen LogP contribution >= 0.6 is 0 Å². The molecule has 5 nitrogen and oxygen atoms in total. The van der Waals surface area contributed by atoms with Crippen molar-refractivity contribution in [3.8, 4) is 0 Å². The molecule has 0 amide bonds. The van der Waals surface area contributed by atoms with Gasteiger partial charge in [0.05, 0.1) is 9.79 Å². The number of ketones is 1. The minimum absolute atomic E-state index is 0.135. The van der Waals surface area contributed by atoms with E-state index in [1.165, 1.54) is 24.3 Å². The summed E-state index contributed by atoms with van der Waals surface area (Å²) in [7, 11) is -3.62. The lowest BCUT2D eigenvalue weighted by Crippen LogP contribution is -2.14. The Morgan fingerprint density at radius 3 is 1.97 bits per heavy atom. The number of sulfone groups is 1. The molecule has 3 rings (SSSR count). The van der Waals surface area contributed by atoms with E-state index in [1.54, 1.807) is 30.3 Å². The first kappa shape index (κ1) is 20.5. The summed E-state index contributed by atoms with van der Waals surface area (Å²) >= 11 is 0. The molecule has 0 bridgehead atoms. The smallest absolute Gasteiger partial charge is 0.210 e. The summed E-state index contributed by atoms with van der Waals surface area (Å²) in [5.74, 6) is -0.288. The fraction of sp³-hybridized carbons (Fsp3) is 0.130. The Morgan fingerprint density at radius 1 is 0.828 bits per heavy atom. The first-order valence-corrected chi connectivity index (χ1v) is 10.7. The van der Waals surface area contributed by atoms with E-state index < -0.39 is 9.84 Å². The molecule has 0 aliphatic heterocycles. The zero-order chi connectivity index (χ0) is 20.7. The van der Waals surface area contributed by atoms with Gasteiger partial charge in [0.2, 0.25) is 15.6 Å². The van der Waals surface area contributed by atoms with Crippen LogP contribution in [0.25, 0.3) is 0 Å². The van der Waals surface area contributed by atoms with Crippen molar-refractivity contribution in [2.75, 3.05) is 0 Å². The first-order valence-electron chi connectivity index (χ1n) is 9.20. The summed E-state index contributed by atoms with van der Waals surface area (Å²) < 4.78 is 25.3. The number of rotatable bonds is 8. The standard InChI is InChI=1S/C23H21NO4S/c1-2-22(24-28-17-18-9-5-3-6-10-18)23(25)19-13-15-21(16-14-19)29(26,27)20-11-7-4-8-12-20/h3-16H,2,17H2,1H3. The number of Topliss-reactive ketones (excluding diaryl/α,β-unsaturated/α-hetero) is 1. The van der Waals surface area contributed by atoms with E-state index in [-0.39, 0.29) is 27.9 Å². The van der Waals surface area contributed by atoms with Crippen LogP contribution in [0.4, 0.5) is 0 Å². The van der Waals surface area contributed by atoms with E-state index in [0.29, 0.717) is 12.0 Å². The van der Waals surface area contributed by atoms with Crippen LogP contribution in [0.2, 0.25) is 0 Å². The average molecular weight is 407 g/mol. The van der Waals surface area contributed by atoms with E-state index in [4.69, 9.17) is 4.84 Å². The average Bonchev–Trinajstić information content (AvgIpc) is 2.78. The highest BCUT2D eigenvalue weighted by molar-refractivity contribution is 7.91. The predicted molar refractivity (Wildman–Crippen MR) is 112 cm³/mol. The van der Waals surface area contributed by atoms with Crippen LogP contribution in [0.5, 0.6) is 0 Å². The summed E-state index contributed by atoms with van der Waals surface area (Å²) in [6, 6.07) is 23.6. The zero-order valence-electron chi connectivity index (χ0n) is 16.0. The van der Waals surface area contributed by atoms with E-state index >= 15 is 0 Å². The summed E-state index contributed by atoms with van der Waals surface area (Å²) in [6.45, 7) is 2.09. The molecule has 0 spiro atoms. The lowest BCUT2D eigenvalue weighted by atomic mass is 10.1. The third-order valence-electron chi connectivity index (χ3n) is 4.33. The molecule has 0 aromatic heterocycles. The topological polar surface area (TPSA) is 72.8 Å².